The third-order valence-electron chi connectivity index (χ3n) is 3.63. The van der Waals surface area contributed by atoms with Crippen molar-refractivity contribution in [2.45, 2.75) is 44.9 Å². The van der Waals surface area contributed by atoms with Crippen molar-refractivity contribution in [3.63, 3.8) is 0 Å². The minimum atomic E-state index is 0.184. The maximum Gasteiger partial charge on any atom is 0.197 e. The molecule has 0 saturated heterocycles. The average Bonchev–Trinajstić information content (AvgIpc) is 2.23. The summed E-state index contributed by atoms with van der Waals surface area (Å²) in [5, 5.41) is 0. The molecule has 2 rings (SSSR count). The van der Waals surface area contributed by atoms with Crippen LogP contribution in [0.15, 0.2) is 11.8 Å². The number of methoxy groups -OCH3 is 1. The highest BCUT2D eigenvalue weighted by atomic mass is 16.5. The molecule has 2 aliphatic rings. The van der Waals surface area contributed by atoms with Crippen LogP contribution in [-0.2, 0) is 9.53 Å². The lowest BCUT2D eigenvalue weighted by Gasteiger charge is -2.37. The van der Waals surface area contributed by atoms with Crippen molar-refractivity contribution in [2.75, 3.05) is 7.11 Å². The van der Waals surface area contributed by atoms with Crippen LogP contribution in [0.2, 0.25) is 0 Å². The van der Waals surface area contributed by atoms with E-state index in [1.165, 1.54) is 32.1 Å². The number of rotatable bonds is 1. The minimum absolute atomic E-state index is 0.184. The zero-order chi connectivity index (χ0) is 10.0. The Morgan fingerprint density at radius 2 is 1.93 bits per heavy atom. The fourth-order valence-corrected chi connectivity index (χ4v) is 2.74. The summed E-state index contributed by atoms with van der Waals surface area (Å²) in [5.41, 5.74) is 0.303. The molecular weight excluding hydrogens is 176 g/mol. The van der Waals surface area contributed by atoms with Gasteiger partial charge in [-0.05, 0) is 30.8 Å². The second kappa shape index (κ2) is 3.76. The molecule has 0 aromatic carbocycles. The van der Waals surface area contributed by atoms with Gasteiger partial charge in [-0.2, -0.15) is 0 Å². The Kier molecular flexibility index (Phi) is 2.62. The lowest BCUT2D eigenvalue weighted by atomic mass is 9.68. The van der Waals surface area contributed by atoms with Crippen LogP contribution in [-0.4, -0.2) is 12.9 Å². The van der Waals surface area contributed by atoms with Gasteiger partial charge in [0.25, 0.3) is 0 Å². The Labute approximate surface area is 85.3 Å². The van der Waals surface area contributed by atoms with E-state index in [0.717, 1.165) is 6.42 Å². The fourth-order valence-electron chi connectivity index (χ4n) is 2.74. The SMILES string of the molecule is COC1=CC2(CCCCC2)CCC1=O. The van der Waals surface area contributed by atoms with Gasteiger partial charge in [0.1, 0.15) is 0 Å². The topological polar surface area (TPSA) is 26.3 Å². The summed E-state index contributed by atoms with van der Waals surface area (Å²) in [5.74, 6) is 0.793. The maximum atomic E-state index is 11.5. The van der Waals surface area contributed by atoms with Crippen LogP contribution < -0.4 is 0 Å². The van der Waals surface area contributed by atoms with Gasteiger partial charge in [0.15, 0.2) is 11.5 Å². The molecule has 14 heavy (non-hydrogen) atoms. The molecule has 1 spiro atoms. The van der Waals surface area contributed by atoms with Gasteiger partial charge in [-0.3, -0.25) is 4.79 Å². The Morgan fingerprint density at radius 3 is 2.57 bits per heavy atom. The van der Waals surface area contributed by atoms with Crippen molar-refractivity contribution in [3.8, 4) is 0 Å². The van der Waals surface area contributed by atoms with Gasteiger partial charge in [0.05, 0.1) is 7.11 Å². The number of allylic oxidation sites excluding steroid dienone is 2. The molecule has 2 nitrogen and oxygen atoms in total. The normalized spacial score (nSPS) is 26.1. The van der Waals surface area contributed by atoms with Gasteiger partial charge in [-0.25, -0.2) is 0 Å². The molecule has 0 atom stereocenters. The van der Waals surface area contributed by atoms with Gasteiger partial charge in [-0.15, -0.1) is 0 Å². The van der Waals surface area contributed by atoms with E-state index >= 15 is 0 Å². The minimum Gasteiger partial charge on any atom is -0.493 e. The first-order valence-electron chi connectivity index (χ1n) is 5.56. The first kappa shape index (κ1) is 9.75. The molecule has 0 heterocycles. The van der Waals surface area contributed by atoms with Crippen LogP contribution >= 0.6 is 0 Å². The van der Waals surface area contributed by atoms with E-state index in [-0.39, 0.29) is 5.78 Å². The predicted molar refractivity (Wildman–Crippen MR) is 54.9 cm³/mol. The number of ketones is 1. The van der Waals surface area contributed by atoms with Gasteiger partial charge in [0, 0.05) is 6.42 Å². The zero-order valence-corrected chi connectivity index (χ0v) is 8.84. The highest BCUT2D eigenvalue weighted by Gasteiger charge is 2.35. The van der Waals surface area contributed by atoms with Crippen LogP contribution in [0, 0.1) is 5.41 Å². The van der Waals surface area contributed by atoms with E-state index in [0.29, 0.717) is 17.6 Å². The molecule has 0 bridgehead atoms. The summed E-state index contributed by atoms with van der Waals surface area (Å²) in [6, 6.07) is 0. The summed E-state index contributed by atoms with van der Waals surface area (Å²) in [4.78, 5) is 11.5. The summed E-state index contributed by atoms with van der Waals surface area (Å²) in [7, 11) is 1.60. The number of ether oxygens (including phenoxy) is 1. The largest absolute Gasteiger partial charge is 0.493 e. The standard InChI is InChI=1S/C12H18O2/c1-14-11-9-12(8-5-10(11)13)6-3-2-4-7-12/h9H,2-8H2,1H3. The first-order chi connectivity index (χ1) is 6.76. The molecule has 0 aromatic heterocycles. The molecule has 0 radical (unpaired) electrons. The zero-order valence-electron chi connectivity index (χ0n) is 8.84. The van der Waals surface area contributed by atoms with Gasteiger partial charge < -0.3 is 4.74 Å². The number of hydrogen-bond donors (Lipinski definition) is 0. The van der Waals surface area contributed by atoms with Crippen LogP contribution in [0.25, 0.3) is 0 Å². The quantitative estimate of drug-likeness (QED) is 0.641. The van der Waals surface area contributed by atoms with E-state index in [9.17, 15) is 4.79 Å². The Hall–Kier alpha value is -0.790. The monoisotopic (exact) mass is 194 g/mol. The van der Waals surface area contributed by atoms with E-state index in [4.69, 9.17) is 4.74 Å². The molecule has 2 aliphatic carbocycles. The second-order valence-electron chi connectivity index (χ2n) is 4.56. The molecule has 0 N–H and O–H groups in total. The highest BCUT2D eigenvalue weighted by Crippen LogP contribution is 2.44. The smallest absolute Gasteiger partial charge is 0.197 e. The van der Waals surface area contributed by atoms with Gasteiger partial charge >= 0.3 is 0 Å². The predicted octanol–water partition coefficient (Wildman–Crippen LogP) is 2.83. The van der Waals surface area contributed by atoms with Gasteiger partial charge in [0.2, 0.25) is 0 Å². The summed E-state index contributed by atoms with van der Waals surface area (Å²) < 4.78 is 5.14. The second-order valence-corrected chi connectivity index (χ2v) is 4.56. The van der Waals surface area contributed by atoms with Crippen molar-refractivity contribution in [1.29, 1.82) is 0 Å². The van der Waals surface area contributed by atoms with Gasteiger partial charge in [-0.1, -0.05) is 19.3 Å². The Balaban J connectivity index is 2.20. The molecule has 1 fully saturated rings. The van der Waals surface area contributed by atoms with Crippen LogP contribution in [0.5, 0.6) is 0 Å². The van der Waals surface area contributed by atoms with Crippen molar-refractivity contribution < 1.29 is 9.53 Å². The maximum absolute atomic E-state index is 11.5. The molecule has 0 unspecified atom stereocenters. The summed E-state index contributed by atoms with van der Waals surface area (Å²) >= 11 is 0. The molecule has 0 aromatic rings. The number of carbonyl (C=O) groups is 1. The molecule has 0 amide bonds. The van der Waals surface area contributed by atoms with Crippen LogP contribution in [0.1, 0.15) is 44.9 Å². The average molecular weight is 194 g/mol. The Bertz CT molecular complexity index is 259. The molecule has 78 valence electrons. The Morgan fingerprint density at radius 1 is 1.21 bits per heavy atom. The lowest BCUT2D eigenvalue weighted by Crippen LogP contribution is -2.28. The highest BCUT2D eigenvalue weighted by molar-refractivity contribution is 5.94. The van der Waals surface area contributed by atoms with E-state index in [2.05, 4.69) is 6.08 Å². The van der Waals surface area contributed by atoms with E-state index in [1.807, 2.05) is 0 Å². The van der Waals surface area contributed by atoms with Crippen molar-refractivity contribution in [2.24, 2.45) is 5.41 Å². The number of Topliss-reactive ketones (excluding diaryl/α,β-unsaturated/α-hetero) is 1. The summed E-state index contributed by atoms with van der Waals surface area (Å²) in [6.45, 7) is 0. The lowest BCUT2D eigenvalue weighted by molar-refractivity contribution is -0.120. The van der Waals surface area contributed by atoms with E-state index < -0.39 is 0 Å². The molecular formula is C12H18O2. The van der Waals surface area contributed by atoms with Crippen molar-refractivity contribution in [1.82, 2.24) is 0 Å². The molecule has 1 saturated carbocycles. The number of carbonyl (C=O) groups excluding carboxylic acids is 1. The van der Waals surface area contributed by atoms with Crippen LogP contribution in [0.4, 0.5) is 0 Å². The molecule has 2 heteroatoms. The summed E-state index contributed by atoms with van der Waals surface area (Å²) in [6.07, 6.45) is 10.3. The van der Waals surface area contributed by atoms with Crippen molar-refractivity contribution >= 4 is 5.78 Å². The third kappa shape index (κ3) is 1.70. The molecule has 0 aliphatic heterocycles. The number of hydrogen-bond acceptors (Lipinski definition) is 2. The van der Waals surface area contributed by atoms with Crippen LogP contribution in [0.3, 0.4) is 0 Å². The third-order valence-corrected chi connectivity index (χ3v) is 3.63. The van der Waals surface area contributed by atoms with E-state index in [1.54, 1.807) is 7.11 Å². The first-order valence-corrected chi connectivity index (χ1v) is 5.56. The van der Waals surface area contributed by atoms with Crippen molar-refractivity contribution in [3.05, 3.63) is 11.8 Å². The fraction of sp³-hybridized carbons (Fsp3) is 0.750.